The fourth-order valence-electron chi connectivity index (χ4n) is 2.18. The van der Waals surface area contributed by atoms with Gasteiger partial charge in [-0.3, -0.25) is 4.79 Å². The Hall–Kier alpha value is -2.14. The molecule has 0 bridgehead atoms. The number of hydrogen-bond donors (Lipinski definition) is 0. The second-order valence-electron chi connectivity index (χ2n) is 4.57. The van der Waals surface area contributed by atoms with Crippen LogP contribution in [0.3, 0.4) is 0 Å². The quantitative estimate of drug-likeness (QED) is 0.579. The van der Waals surface area contributed by atoms with Crippen molar-refractivity contribution in [2.24, 2.45) is 0 Å². The fourth-order valence-corrected chi connectivity index (χ4v) is 3.29. The van der Waals surface area contributed by atoms with Gasteiger partial charge in [0.15, 0.2) is 6.29 Å². The molecule has 1 aromatic heterocycles. The largest absolute Gasteiger partial charge is 0.416 e. The van der Waals surface area contributed by atoms with Gasteiger partial charge in [-0.2, -0.15) is 13.2 Å². The highest BCUT2D eigenvalue weighted by atomic mass is 32.1. The number of rotatable bonds is 2. The molecule has 3 aromatic rings. The Bertz CT molecular complexity index is 785. The van der Waals surface area contributed by atoms with E-state index in [2.05, 4.69) is 0 Å². The average Bonchev–Trinajstić information content (AvgIpc) is 2.89. The third kappa shape index (κ3) is 2.56. The molecule has 0 saturated heterocycles. The minimum atomic E-state index is -4.45. The second-order valence-corrected chi connectivity index (χ2v) is 5.65. The number of halogens is 3. The first-order chi connectivity index (χ1) is 9.99. The van der Waals surface area contributed by atoms with Crippen LogP contribution in [-0.4, -0.2) is 6.29 Å². The zero-order valence-corrected chi connectivity index (χ0v) is 11.5. The van der Waals surface area contributed by atoms with Crippen LogP contribution in [0.1, 0.15) is 15.9 Å². The molecule has 5 heteroatoms. The summed E-state index contributed by atoms with van der Waals surface area (Å²) >= 11 is 1.45. The number of aldehydes is 1. The molecule has 106 valence electrons. The number of thiophene rings is 1. The Morgan fingerprint density at radius 1 is 1.00 bits per heavy atom. The fraction of sp³-hybridized carbons (Fsp3) is 0.0625. The highest BCUT2D eigenvalue weighted by Crippen LogP contribution is 2.37. The zero-order valence-electron chi connectivity index (χ0n) is 10.6. The number of carbonyl (C=O) groups excluding carboxylic acids is 1. The van der Waals surface area contributed by atoms with Crippen LogP contribution in [-0.2, 0) is 6.18 Å². The van der Waals surface area contributed by atoms with E-state index in [-0.39, 0.29) is 5.56 Å². The van der Waals surface area contributed by atoms with Gasteiger partial charge in [0, 0.05) is 20.7 Å². The maximum Gasteiger partial charge on any atom is 0.416 e. The van der Waals surface area contributed by atoms with Gasteiger partial charge >= 0.3 is 6.18 Å². The third-order valence-corrected chi connectivity index (χ3v) is 4.35. The summed E-state index contributed by atoms with van der Waals surface area (Å²) in [6.07, 6.45) is -3.98. The Morgan fingerprint density at radius 3 is 2.43 bits per heavy atom. The highest BCUT2D eigenvalue weighted by Gasteiger charge is 2.31. The Kier molecular flexibility index (Phi) is 3.29. The molecule has 0 amide bonds. The number of carbonyl (C=O) groups is 1. The van der Waals surface area contributed by atoms with E-state index < -0.39 is 11.7 Å². The molecule has 3 rings (SSSR count). The van der Waals surface area contributed by atoms with E-state index in [9.17, 15) is 18.0 Å². The van der Waals surface area contributed by atoms with Crippen LogP contribution in [0.15, 0.2) is 48.5 Å². The van der Waals surface area contributed by atoms with Crippen LogP contribution in [0.25, 0.3) is 20.5 Å². The van der Waals surface area contributed by atoms with Crippen LogP contribution < -0.4 is 0 Å². The molecule has 0 atom stereocenters. The first kappa shape index (κ1) is 13.8. The van der Waals surface area contributed by atoms with Gasteiger partial charge in [0.2, 0.25) is 0 Å². The van der Waals surface area contributed by atoms with E-state index in [1.54, 1.807) is 0 Å². The molecule has 2 aromatic carbocycles. The van der Waals surface area contributed by atoms with Gasteiger partial charge in [-0.15, -0.1) is 11.3 Å². The van der Waals surface area contributed by atoms with Crippen molar-refractivity contribution < 1.29 is 18.0 Å². The second kappa shape index (κ2) is 5.00. The van der Waals surface area contributed by atoms with Crippen molar-refractivity contribution in [1.29, 1.82) is 0 Å². The lowest BCUT2D eigenvalue weighted by Gasteiger charge is -2.09. The highest BCUT2D eigenvalue weighted by molar-refractivity contribution is 7.22. The van der Waals surface area contributed by atoms with Gasteiger partial charge in [-0.25, -0.2) is 0 Å². The molecule has 0 aliphatic heterocycles. The van der Waals surface area contributed by atoms with Crippen molar-refractivity contribution in [1.82, 2.24) is 0 Å². The summed E-state index contributed by atoms with van der Waals surface area (Å²) in [7, 11) is 0. The summed E-state index contributed by atoms with van der Waals surface area (Å²) in [6.45, 7) is 0. The minimum absolute atomic E-state index is 0.0522. The smallest absolute Gasteiger partial charge is 0.298 e. The summed E-state index contributed by atoms with van der Waals surface area (Å²) in [6, 6.07) is 12.8. The third-order valence-electron chi connectivity index (χ3n) is 3.20. The van der Waals surface area contributed by atoms with Crippen molar-refractivity contribution in [3.63, 3.8) is 0 Å². The van der Waals surface area contributed by atoms with Crippen molar-refractivity contribution >= 4 is 27.7 Å². The van der Waals surface area contributed by atoms with Crippen molar-refractivity contribution in [3.8, 4) is 10.4 Å². The molecule has 0 N–H and O–H groups in total. The summed E-state index contributed by atoms with van der Waals surface area (Å²) in [4.78, 5) is 11.9. The maximum absolute atomic E-state index is 12.7. The molecule has 0 spiro atoms. The van der Waals surface area contributed by atoms with Gasteiger partial charge in [0.05, 0.1) is 5.56 Å². The average molecular weight is 306 g/mol. The molecule has 0 saturated carbocycles. The molecule has 0 unspecified atom stereocenters. The number of fused-ring (bicyclic) bond motifs is 1. The van der Waals surface area contributed by atoms with E-state index in [4.69, 9.17) is 0 Å². The summed E-state index contributed by atoms with van der Waals surface area (Å²) < 4.78 is 39.1. The molecular formula is C16H9F3OS. The van der Waals surface area contributed by atoms with Crippen LogP contribution >= 0.6 is 11.3 Å². The number of benzene rings is 2. The summed E-state index contributed by atoms with van der Waals surface area (Å²) in [5, 5.41) is 1.01. The predicted molar refractivity (Wildman–Crippen MR) is 77.7 cm³/mol. The van der Waals surface area contributed by atoms with Crippen molar-refractivity contribution in [3.05, 3.63) is 59.7 Å². The van der Waals surface area contributed by atoms with E-state index in [1.165, 1.54) is 17.4 Å². The van der Waals surface area contributed by atoms with Gasteiger partial charge in [-0.05, 0) is 29.7 Å². The van der Waals surface area contributed by atoms with Crippen molar-refractivity contribution in [2.45, 2.75) is 6.18 Å². The first-order valence-electron chi connectivity index (χ1n) is 6.14. The van der Waals surface area contributed by atoms with Gasteiger partial charge in [0.25, 0.3) is 0 Å². The molecule has 1 nitrogen and oxygen atoms in total. The van der Waals surface area contributed by atoms with Crippen LogP contribution in [0, 0.1) is 0 Å². The number of alkyl halides is 3. The van der Waals surface area contributed by atoms with Gasteiger partial charge in [0.1, 0.15) is 0 Å². The van der Waals surface area contributed by atoms with E-state index >= 15 is 0 Å². The lowest BCUT2D eigenvalue weighted by atomic mass is 10.0. The van der Waals surface area contributed by atoms with Gasteiger partial charge in [-0.1, -0.05) is 24.3 Å². The normalized spacial score (nSPS) is 11.8. The lowest BCUT2D eigenvalue weighted by Crippen LogP contribution is -2.05. The van der Waals surface area contributed by atoms with Crippen LogP contribution in [0.5, 0.6) is 0 Å². The molecule has 0 fully saturated rings. The zero-order chi connectivity index (χ0) is 15.0. The predicted octanol–water partition coefficient (Wildman–Crippen LogP) is 5.40. The van der Waals surface area contributed by atoms with Crippen molar-refractivity contribution in [2.75, 3.05) is 0 Å². The molecular weight excluding hydrogens is 297 g/mol. The summed E-state index contributed by atoms with van der Waals surface area (Å²) in [5.74, 6) is 0. The Balaban J connectivity index is 2.15. The topological polar surface area (TPSA) is 17.1 Å². The maximum atomic E-state index is 12.7. The summed E-state index contributed by atoms with van der Waals surface area (Å²) in [5.41, 5.74) is -0.231. The lowest BCUT2D eigenvalue weighted by molar-refractivity contribution is -0.137. The molecule has 1 heterocycles. The van der Waals surface area contributed by atoms with Crippen LogP contribution in [0.4, 0.5) is 13.2 Å². The van der Waals surface area contributed by atoms with Crippen LogP contribution in [0.2, 0.25) is 0 Å². The van der Waals surface area contributed by atoms with E-state index in [0.717, 1.165) is 27.1 Å². The minimum Gasteiger partial charge on any atom is -0.298 e. The van der Waals surface area contributed by atoms with E-state index in [0.29, 0.717) is 11.8 Å². The standard InChI is InChI=1S/C16H9F3OS/c17-16(18,19)12-5-6-13(11(7-12)9-20)15-8-10-3-1-2-4-14(10)21-15/h1-9H. The first-order valence-corrected chi connectivity index (χ1v) is 6.96. The molecule has 0 aliphatic rings. The molecule has 0 aliphatic carbocycles. The molecule has 21 heavy (non-hydrogen) atoms. The monoisotopic (exact) mass is 306 g/mol. The van der Waals surface area contributed by atoms with E-state index in [1.807, 2.05) is 30.3 Å². The van der Waals surface area contributed by atoms with Gasteiger partial charge < -0.3 is 0 Å². The Morgan fingerprint density at radius 2 is 1.76 bits per heavy atom. The SMILES string of the molecule is O=Cc1cc(C(F)(F)F)ccc1-c1cc2ccccc2s1. The Labute approximate surface area is 122 Å². The number of hydrogen-bond acceptors (Lipinski definition) is 2. The molecule has 0 radical (unpaired) electrons.